The Bertz CT molecular complexity index is 809. The number of aromatic nitrogens is 1. The zero-order valence-corrected chi connectivity index (χ0v) is 14.4. The quantitative estimate of drug-likeness (QED) is 0.700. The molecule has 5 nitrogen and oxygen atoms in total. The lowest BCUT2D eigenvalue weighted by Gasteiger charge is -2.25. The molecule has 0 aliphatic heterocycles. The fraction of sp³-hybridized carbons (Fsp3) is 0.200. The van der Waals surface area contributed by atoms with Crippen LogP contribution in [0, 0.1) is 13.8 Å². The molecule has 0 saturated heterocycles. The number of nitrogens with one attached hydrogen (secondary N) is 1. The lowest BCUT2D eigenvalue weighted by atomic mass is 10.1. The third kappa shape index (κ3) is 4.26. The molecule has 0 saturated carbocycles. The molecular weight excluding hydrogens is 314 g/mol. The van der Waals surface area contributed by atoms with Gasteiger partial charge in [-0.1, -0.05) is 53.7 Å². The van der Waals surface area contributed by atoms with E-state index in [0.29, 0.717) is 12.3 Å². The van der Waals surface area contributed by atoms with Crippen molar-refractivity contribution >= 4 is 11.6 Å². The fourth-order valence-corrected chi connectivity index (χ4v) is 2.67. The molecule has 0 unspecified atom stereocenters. The van der Waals surface area contributed by atoms with Gasteiger partial charge in [-0.05, 0) is 31.5 Å². The Morgan fingerprint density at radius 3 is 2.28 bits per heavy atom. The molecule has 5 heteroatoms. The molecule has 0 spiro atoms. The van der Waals surface area contributed by atoms with Crippen LogP contribution in [0.2, 0.25) is 0 Å². The zero-order chi connectivity index (χ0) is 17.6. The lowest BCUT2D eigenvalue weighted by molar-refractivity contribution is -0.120. The van der Waals surface area contributed by atoms with E-state index in [2.05, 4.69) is 10.6 Å². The predicted octanol–water partition coefficient (Wildman–Crippen LogP) is 3.57. The van der Waals surface area contributed by atoms with Gasteiger partial charge in [-0.25, -0.2) is 0 Å². The summed E-state index contributed by atoms with van der Waals surface area (Å²) in [5.41, 5.74) is 6.63. The molecule has 0 aliphatic rings. The molecule has 1 amide bonds. The minimum Gasteiger partial charge on any atom is -0.361 e. The van der Waals surface area contributed by atoms with E-state index in [0.717, 1.165) is 22.5 Å². The molecule has 1 heterocycles. The average Bonchev–Trinajstić information content (AvgIpc) is 2.95. The Morgan fingerprint density at radius 1 is 1.04 bits per heavy atom. The lowest BCUT2D eigenvalue weighted by Crippen LogP contribution is -2.42. The normalized spacial score (nSPS) is 10.5. The number of benzene rings is 2. The number of aryl methyl sites for hydroxylation is 2. The van der Waals surface area contributed by atoms with Crippen molar-refractivity contribution in [2.75, 3.05) is 5.01 Å². The number of carbonyl (C=O) groups is 1. The Kier molecular flexibility index (Phi) is 5.14. The van der Waals surface area contributed by atoms with Crippen LogP contribution in [0.3, 0.4) is 0 Å². The van der Waals surface area contributed by atoms with Crippen LogP contribution in [0.4, 0.5) is 5.69 Å². The highest BCUT2D eigenvalue weighted by Crippen LogP contribution is 2.16. The van der Waals surface area contributed by atoms with Crippen molar-refractivity contribution in [2.45, 2.75) is 26.8 Å². The average molecular weight is 335 g/mol. The summed E-state index contributed by atoms with van der Waals surface area (Å²) < 4.78 is 5.14. The van der Waals surface area contributed by atoms with Gasteiger partial charge < -0.3 is 4.52 Å². The number of rotatable bonds is 6. The van der Waals surface area contributed by atoms with Crippen molar-refractivity contribution in [2.24, 2.45) is 0 Å². The van der Waals surface area contributed by atoms with Gasteiger partial charge in [0.25, 0.3) is 0 Å². The molecule has 0 radical (unpaired) electrons. The van der Waals surface area contributed by atoms with Crippen molar-refractivity contribution in [1.29, 1.82) is 0 Å². The van der Waals surface area contributed by atoms with Gasteiger partial charge in [0.15, 0.2) is 0 Å². The van der Waals surface area contributed by atoms with Gasteiger partial charge in [-0.3, -0.25) is 15.2 Å². The third-order valence-corrected chi connectivity index (χ3v) is 4.03. The number of hydrogen-bond acceptors (Lipinski definition) is 4. The number of anilines is 1. The molecule has 128 valence electrons. The molecule has 25 heavy (non-hydrogen) atoms. The van der Waals surface area contributed by atoms with Crippen LogP contribution in [0.25, 0.3) is 0 Å². The maximum Gasteiger partial charge on any atom is 0.243 e. The monoisotopic (exact) mass is 335 g/mol. The standard InChI is InChI=1S/C20H21N3O2/c1-15-19(16(2)25-22-15)13-20(24)21-23(18-11-7-4-8-12-18)14-17-9-5-3-6-10-17/h3-12H,13-14H2,1-2H3,(H,21,24). The molecule has 3 aromatic rings. The van der Waals surface area contributed by atoms with Crippen LogP contribution < -0.4 is 10.4 Å². The molecule has 0 bridgehead atoms. The number of hydrazine groups is 1. The highest BCUT2D eigenvalue weighted by Gasteiger charge is 2.16. The number of hydrogen-bond donors (Lipinski definition) is 1. The van der Waals surface area contributed by atoms with E-state index < -0.39 is 0 Å². The third-order valence-electron chi connectivity index (χ3n) is 4.03. The summed E-state index contributed by atoms with van der Waals surface area (Å²) in [6.07, 6.45) is 0.235. The molecule has 1 N–H and O–H groups in total. The summed E-state index contributed by atoms with van der Waals surface area (Å²) in [4.78, 5) is 12.6. The minimum atomic E-state index is -0.103. The first-order chi connectivity index (χ1) is 12.1. The van der Waals surface area contributed by atoms with Gasteiger partial charge in [0.1, 0.15) is 5.76 Å². The van der Waals surface area contributed by atoms with E-state index >= 15 is 0 Å². The molecular formula is C20H21N3O2. The fourth-order valence-electron chi connectivity index (χ4n) is 2.67. The second kappa shape index (κ2) is 7.66. The van der Waals surface area contributed by atoms with E-state index in [9.17, 15) is 4.79 Å². The highest BCUT2D eigenvalue weighted by molar-refractivity contribution is 5.80. The summed E-state index contributed by atoms with van der Waals surface area (Å²) in [5, 5.41) is 5.76. The largest absolute Gasteiger partial charge is 0.361 e. The second-order valence-electron chi connectivity index (χ2n) is 5.92. The SMILES string of the molecule is Cc1noc(C)c1CC(=O)NN(Cc1ccccc1)c1ccccc1. The maximum atomic E-state index is 12.6. The van der Waals surface area contributed by atoms with Gasteiger partial charge in [-0.2, -0.15) is 0 Å². The van der Waals surface area contributed by atoms with E-state index in [1.54, 1.807) is 0 Å². The molecule has 0 fully saturated rings. The number of nitrogens with zero attached hydrogens (tertiary/aromatic N) is 2. The molecule has 1 aromatic heterocycles. The number of para-hydroxylation sites is 1. The van der Waals surface area contributed by atoms with E-state index in [-0.39, 0.29) is 12.3 Å². The van der Waals surface area contributed by atoms with Gasteiger partial charge in [0.05, 0.1) is 24.3 Å². The van der Waals surface area contributed by atoms with Crippen molar-refractivity contribution in [3.63, 3.8) is 0 Å². The topological polar surface area (TPSA) is 58.4 Å². The summed E-state index contributed by atoms with van der Waals surface area (Å²) >= 11 is 0. The number of carbonyl (C=O) groups excluding carboxylic acids is 1. The van der Waals surface area contributed by atoms with Crippen LogP contribution >= 0.6 is 0 Å². The van der Waals surface area contributed by atoms with E-state index in [4.69, 9.17) is 4.52 Å². The van der Waals surface area contributed by atoms with Crippen LogP contribution in [0.1, 0.15) is 22.6 Å². The Morgan fingerprint density at radius 2 is 1.68 bits per heavy atom. The van der Waals surface area contributed by atoms with Gasteiger partial charge in [0, 0.05) is 5.56 Å². The van der Waals surface area contributed by atoms with Gasteiger partial charge >= 0.3 is 0 Å². The van der Waals surface area contributed by atoms with Crippen molar-refractivity contribution in [3.05, 3.63) is 83.2 Å². The van der Waals surface area contributed by atoms with Gasteiger partial charge in [0.2, 0.25) is 5.91 Å². The smallest absolute Gasteiger partial charge is 0.243 e. The summed E-state index contributed by atoms with van der Waals surface area (Å²) in [6.45, 7) is 4.25. The van der Waals surface area contributed by atoms with Crippen LogP contribution in [-0.2, 0) is 17.8 Å². The first kappa shape index (κ1) is 16.8. The highest BCUT2D eigenvalue weighted by atomic mass is 16.5. The van der Waals surface area contributed by atoms with Crippen molar-refractivity contribution in [3.8, 4) is 0 Å². The zero-order valence-electron chi connectivity index (χ0n) is 14.4. The molecule has 0 aliphatic carbocycles. The molecule has 0 atom stereocenters. The minimum absolute atomic E-state index is 0.103. The summed E-state index contributed by atoms with van der Waals surface area (Å²) in [5.74, 6) is 0.580. The van der Waals surface area contributed by atoms with E-state index in [1.807, 2.05) is 79.5 Å². The predicted molar refractivity (Wildman–Crippen MR) is 96.9 cm³/mol. The first-order valence-corrected chi connectivity index (χ1v) is 8.21. The van der Waals surface area contributed by atoms with Crippen LogP contribution in [-0.4, -0.2) is 11.1 Å². The van der Waals surface area contributed by atoms with Gasteiger partial charge in [-0.15, -0.1) is 0 Å². The van der Waals surface area contributed by atoms with Crippen molar-refractivity contribution in [1.82, 2.24) is 10.6 Å². The molecule has 2 aromatic carbocycles. The maximum absolute atomic E-state index is 12.6. The second-order valence-corrected chi connectivity index (χ2v) is 5.92. The van der Waals surface area contributed by atoms with Crippen LogP contribution in [0.5, 0.6) is 0 Å². The Labute approximate surface area is 147 Å². The van der Waals surface area contributed by atoms with Crippen molar-refractivity contribution < 1.29 is 9.32 Å². The van der Waals surface area contributed by atoms with E-state index in [1.165, 1.54) is 0 Å². The Hall–Kier alpha value is -3.08. The number of amides is 1. The summed E-state index contributed by atoms with van der Waals surface area (Å²) in [6, 6.07) is 19.8. The first-order valence-electron chi connectivity index (χ1n) is 8.21. The molecule has 3 rings (SSSR count). The Balaban J connectivity index is 1.76. The summed E-state index contributed by atoms with van der Waals surface area (Å²) in [7, 11) is 0. The van der Waals surface area contributed by atoms with Crippen LogP contribution in [0.15, 0.2) is 65.2 Å².